The van der Waals surface area contributed by atoms with Gasteiger partial charge in [-0.25, -0.2) is 0 Å². The van der Waals surface area contributed by atoms with E-state index in [1.165, 1.54) is 4.90 Å². The van der Waals surface area contributed by atoms with Gasteiger partial charge in [0.15, 0.2) is 5.78 Å². The van der Waals surface area contributed by atoms with E-state index in [1.54, 1.807) is 14.0 Å². The molecule has 1 aliphatic rings. The lowest BCUT2D eigenvalue weighted by molar-refractivity contribution is -0.134. The number of benzene rings is 2. The number of carbonyl (C=O) groups is 3. The minimum absolute atomic E-state index is 0.0230. The molecule has 0 aliphatic carbocycles. The Hall–Kier alpha value is -3.19. The number of Topliss-reactive ketones (excluding diaryl/α,β-unsaturated/α-hetero) is 1. The largest absolute Gasteiger partial charge is 0.369 e. The average molecular weight is 423 g/mol. The van der Waals surface area contributed by atoms with Gasteiger partial charge in [0.2, 0.25) is 11.8 Å². The zero-order chi connectivity index (χ0) is 22.4. The van der Waals surface area contributed by atoms with Crippen LogP contribution in [0.3, 0.4) is 0 Å². The second-order valence-corrected chi connectivity index (χ2v) is 8.03. The van der Waals surface area contributed by atoms with Gasteiger partial charge in [-0.3, -0.25) is 19.3 Å². The van der Waals surface area contributed by atoms with E-state index in [4.69, 9.17) is 0 Å². The van der Waals surface area contributed by atoms with Gasteiger partial charge in [0.25, 0.3) is 0 Å². The van der Waals surface area contributed by atoms with Crippen LogP contribution in [0.25, 0.3) is 0 Å². The molecule has 2 aromatic carbocycles. The number of ketones is 1. The topological polar surface area (TPSA) is 73.0 Å². The summed E-state index contributed by atoms with van der Waals surface area (Å²) >= 11 is 0. The molecule has 0 unspecified atom stereocenters. The number of likely N-dealkylation sites (N-methyl/N-ethyl adjacent to an activating group) is 1. The van der Waals surface area contributed by atoms with Gasteiger partial charge in [0, 0.05) is 50.2 Å². The molecule has 3 rings (SSSR count). The molecule has 7 heteroatoms. The van der Waals surface area contributed by atoms with Crippen LogP contribution >= 0.6 is 0 Å². The molecule has 2 amide bonds. The molecule has 7 nitrogen and oxygen atoms in total. The number of hydrogen-bond acceptors (Lipinski definition) is 5. The maximum atomic E-state index is 12.6. The van der Waals surface area contributed by atoms with Gasteiger partial charge in [-0.1, -0.05) is 17.7 Å². The summed E-state index contributed by atoms with van der Waals surface area (Å²) in [6, 6.07) is 15.2. The molecular weight excluding hydrogens is 392 g/mol. The quantitative estimate of drug-likeness (QED) is 0.694. The zero-order valence-corrected chi connectivity index (χ0v) is 18.4. The van der Waals surface area contributed by atoms with Crippen LogP contribution in [0.4, 0.5) is 11.4 Å². The third kappa shape index (κ3) is 6.39. The molecule has 0 saturated carbocycles. The number of hydrogen-bond donors (Lipinski definition) is 1. The highest BCUT2D eigenvalue weighted by Gasteiger charge is 2.21. The monoisotopic (exact) mass is 422 g/mol. The summed E-state index contributed by atoms with van der Waals surface area (Å²) in [5, 5.41) is 2.82. The van der Waals surface area contributed by atoms with Crippen molar-refractivity contribution < 1.29 is 14.4 Å². The summed E-state index contributed by atoms with van der Waals surface area (Å²) in [7, 11) is 1.66. The van der Waals surface area contributed by atoms with E-state index in [9.17, 15) is 14.4 Å². The summed E-state index contributed by atoms with van der Waals surface area (Å²) in [5.41, 5.74) is 3.64. The van der Waals surface area contributed by atoms with Crippen LogP contribution in [-0.2, 0) is 9.59 Å². The van der Waals surface area contributed by atoms with Crippen molar-refractivity contribution in [1.82, 2.24) is 9.80 Å². The summed E-state index contributed by atoms with van der Waals surface area (Å²) in [5.74, 6) is -0.219. The fourth-order valence-corrected chi connectivity index (χ4v) is 3.52. The van der Waals surface area contributed by atoms with E-state index in [2.05, 4.69) is 15.1 Å². The predicted octanol–water partition coefficient (Wildman–Crippen LogP) is 2.42. The minimum atomic E-state index is -0.210. The number of carbonyl (C=O) groups excluding carboxylic acids is 3. The third-order valence-electron chi connectivity index (χ3n) is 5.51. The minimum Gasteiger partial charge on any atom is -0.369 e. The van der Waals surface area contributed by atoms with Crippen LogP contribution < -0.4 is 10.2 Å². The van der Waals surface area contributed by atoms with Gasteiger partial charge in [0.1, 0.15) is 0 Å². The first-order valence-corrected chi connectivity index (χ1v) is 10.5. The maximum Gasteiger partial charge on any atom is 0.243 e. The average Bonchev–Trinajstić information content (AvgIpc) is 2.76. The fraction of sp³-hybridized carbons (Fsp3) is 0.375. The van der Waals surface area contributed by atoms with Crippen molar-refractivity contribution >= 4 is 29.0 Å². The Morgan fingerprint density at radius 2 is 1.55 bits per heavy atom. The Kier molecular flexibility index (Phi) is 7.41. The fourth-order valence-electron chi connectivity index (χ4n) is 3.52. The Morgan fingerprint density at radius 1 is 0.935 bits per heavy atom. The molecule has 1 heterocycles. The van der Waals surface area contributed by atoms with E-state index >= 15 is 0 Å². The number of nitrogens with one attached hydrogen (secondary N) is 1. The molecule has 1 N–H and O–H groups in total. The molecule has 2 aromatic rings. The van der Waals surface area contributed by atoms with Gasteiger partial charge in [-0.05, 0) is 50.2 Å². The van der Waals surface area contributed by atoms with E-state index in [1.807, 2.05) is 55.5 Å². The standard InChI is InChI=1S/C24H30N4O3/c1-18-4-8-21(9-5-18)25-23(30)16-26(3)24(31)17-27-12-14-28(15-13-27)22-10-6-20(7-11-22)19(2)29/h4-11H,12-17H2,1-3H3,(H,25,30). The van der Waals surface area contributed by atoms with Gasteiger partial charge in [-0.15, -0.1) is 0 Å². The number of aryl methyl sites for hydroxylation is 1. The number of anilines is 2. The lowest BCUT2D eigenvalue weighted by atomic mass is 10.1. The maximum absolute atomic E-state index is 12.6. The summed E-state index contributed by atoms with van der Waals surface area (Å²) < 4.78 is 0. The predicted molar refractivity (Wildman–Crippen MR) is 123 cm³/mol. The molecule has 164 valence electrons. The van der Waals surface area contributed by atoms with E-state index in [-0.39, 0.29) is 24.1 Å². The zero-order valence-electron chi connectivity index (χ0n) is 18.4. The first-order chi connectivity index (χ1) is 14.8. The highest BCUT2D eigenvalue weighted by atomic mass is 16.2. The molecule has 0 radical (unpaired) electrons. The number of nitrogens with zero attached hydrogens (tertiary/aromatic N) is 3. The summed E-state index contributed by atoms with van der Waals surface area (Å²) in [6.45, 7) is 7.03. The van der Waals surface area contributed by atoms with Crippen molar-refractivity contribution in [2.45, 2.75) is 13.8 Å². The van der Waals surface area contributed by atoms with Crippen molar-refractivity contribution in [3.05, 3.63) is 59.7 Å². The van der Waals surface area contributed by atoms with Crippen LogP contribution in [0.5, 0.6) is 0 Å². The first-order valence-electron chi connectivity index (χ1n) is 10.5. The number of piperazine rings is 1. The highest BCUT2D eigenvalue weighted by molar-refractivity contribution is 5.95. The van der Waals surface area contributed by atoms with Crippen molar-refractivity contribution in [1.29, 1.82) is 0 Å². The summed E-state index contributed by atoms with van der Waals surface area (Å²) in [4.78, 5) is 42.0. The lowest BCUT2D eigenvalue weighted by Gasteiger charge is -2.36. The van der Waals surface area contributed by atoms with E-state index in [0.717, 1.165) is 43.1 Å². The van der Waals surface area contributed by atoms with Gasteiger partial charge < -0.3 is 15.1 Å². The van der Waals surface area contributed by atoms with Crippen LogP contribution in [-0.4, -0.2) is 73.7 Å². The third-order valence-corrected chi connectivity index (χ3v) is 5.51. The van der Waals surface area contributed by atoms with Gasteiger partial charge >= 0.3 is 0 Å². The Bertz CT molecular complexity index is 917. The molecule has 0 spiro atoms. The van der Waals surface area contributed by atoms with Crippen molar-refractivity contribution in [2.24, 2.45) is 0 Å². The Balaban J connectivity index is 1.43. The van der Waals surface area contributed by atoms with E-state index in [0.29, 0.717) is 12.1 Å². The number of rotatable bonds is 7. The molecule has 0 aromatic heterocycles. The van der Waals surface area contributed by atoms with Crippen LogP contribution in [0.2, 0.25) is 0 Å². The molecular formula is C24H30N4O3. The lowest BCUT2D eigenvalue weighted by Crippen LogP contribution is -2.50. The number of amides is 2. The van der Waals surface area contributed by atoms with Crippen molar-refractivity contribution in [3.8, 4) is 0 Å². The molecule has 1 saturated heterocycles. The van der Waals surface area contributed by atoms with Crippen molar-refractivity contribution in [2.75, 3.05) is 56.5 Å². The molecule has 31 heavy (non-hydrogen) atoms. The SMILES string of the molecule is CC(=O)c1ccc(N2CCN(CC(=O)N(C)CC(=O)Nc3ccc(C)cc3)CC2)cc1. The first kappa shape index (κ1) is 22.5. The summed E-state index contributed by atoms with van der Waals surface area (Å²) in [6.07, 6.45) is 0. The van der Waals surface area contributed by atoms with Crippen LogP contribution in [0.1, 0.15) is 22.8 Å². The second kappa shape index (κ2) is 10.2. The normalized spacial score (nSPS) is 14.2. The highest BCUT2D eigenvalue weighted by Crippen LogP contribution is 2.17. The Morgan fingerprint density at radius 3 is 2.13 bits per heavy atom. The molecule has 1 aliphatic heterocycles. The van der Waals surface area contributed by atoms with Crippen LogP contribution in [0.15, 0.2) is 48.5 Å². The van der Waals surface area contributed by atoms with E-state index < -0.39 is 0 Å². The molecule has 0 atom stereocenters. The van der Waals surface area contributed by atoms with Gasteiger partial charge in [-0.2, -0.15) is 0 Å². The Labute approximate surface area is 183 Å². The molecule has 0 bridgehead atoms. The molecule has 1 fully saturated rings. The van der Waals surface area contributed by atoms with Crippen LogP contribution in [0, 0.1) is 6.92 Å². The second-order valence-electron chi connectivity index (χ2n) is 8.03. The van der Waals surface area contributed by atoms with Gasteiger partial charge in [0.05, 0.1) is 13.1 Å². The van der Waals surface area contributed by atoms with Crippen molar-refractivity contribution in [3.63, 3.8) is 0 Å². The smallest absolute Gasteiger partial charge is 0.243 e.